The summed E-state index contributed by atoms with van der Waals surface area (Å²) in [5, 5.41) is 7.85. The molecule has 1 saturated heterocycles. The summed E-state index contributed by atoms with van der Waals surface area (Å²) >= 11 is 0. The number of hydrogen-bond acceptors (Lipinski definition) is 5. The number of benzene rings is 1. The maximum Gasteiger partial charge on any atom is 0.321 e. The summed E-state index contributed by atoms with van der Waals surface area (Å²) in [5.74, 6) is 0.0997. The molecule has 1 heterocycles. The average molecular weight is 412 g/mol. The van der Waals surface area contributed by atoms with Crippen molar-refractivity contribution in [3.8, 4) is 0 Å². The van der Waals surface area contributed by atoms with Crippen LogP contribution < -0.4 is 10.5 Å². The first kappa shape index (κ1) is 22.1. The van der Waals surface area contributed by atoms with Gasteiger partial charge in [-0.2, -0.15) is 0 Å². The lowest BCUT2D eigenvalue weighted by molar-refractivity contribution is -0.132. The number of hydrogen-bond donors (Lipinski definition) is 2. The SMILES string of the molecule is CCN(CC)C(=O)CN1CCCN(C(=O)Nc2cccc(S(N)(=O)=O)c2)CC1. The minimum absolute atomic E-state index is 0.0535. The Bertz CT molecular complexity index is 795. The Hall–Kier alpha value is -2.17. The summed E-state index contributed by atoms with van der Waals surface area (Å²) in [4.78, 5) is 30.3. The number of nitrogens with one attached hydrogen (secondary N) is 1. The Morgan fingerprint density at radius 1 is 1.14 bits per heavy atom. The number of amides is 3. The van der Waals surface area contributed by atoms with Crippen molar-refractivity contribution in [2.45, 2.75) is 25.2 Å². The first-order valence-corrected chi connectivity index (χ1v) is 11.0. The predicted octanol–water partition coefficient (Wildman–Crippen LogP) is 0.742. The van der Waals surface area contributed by atoms with Gasteiger partial charge in [0.1, 0.15) is 0 Å². The molecule has 9 nitrogen and oxygen atoms in total. The van der Waals surface area contributed by atoms with Gasteiger partial charge in [0, 0.05) is 45.0 Å². The molecule has 1 aromatic rings. The van der Waals surface area contributed by atoms with Crippen LogP contribution in [0.2, 0.25) is 0 Å². The second-order valence-corrected chi connectivity index (χ2v) is 8.25. The molecule has 28 heavy (non-hydrogen) atoms. The van der Waals surface area contributed by atoms with Gasteiger partial charge in [0.15, 0.2) is 0 Å². The van der Waals surface area contributed by atoms with Crippen LogP contribution in [0.25, 0.3) is 0 Å². The van der Waals surface area contributed by atoms with E-state index < -0.39 is 10.0 Å². The largest absolute Gasteiger partial charge is 0.342 e. The van der Waals surface area contributed by atoms with Crippen LogP contribution in [0.15, 0.2) is 29.2 Å². The number of sulfonamides is 1. The molecule has 10 heteroatoms. The van der Waals surface area contributed by atoms with E-state index in [1.165, 1.54) is 18.2 Å². The quantitative estimate of drug-likeness (QED) is 0.716. The van der Waals surface area contributed by atoms with Crippen molar-refractivity contribution in [1.29, 1.82) is 0 Å². The minimum atomic E-state index is -3.83. The fraction of sp³-hybridized carbons (Fsp3) is 0.556. The number of carbonyl (C=O) groups is 2. The van der Waals surface area contributed by atoms with E-state index in [2.05, 4.69) is 10.2 Å². The lowest BCUT2D eigenvalue weighted by atomic mass is 10.3. The van der Waals surface area contributed by atoms with Crippen LogP contribution in [-0.2, 0) is 14.8 Å². The zero-order valence-corrected chi connectivity index (χ0v) is 17.2. The fourth-order valence-corrected chi connectivity index (χ4v) is 3.71. The summed E-state index contributed by atoms with van der Waals surface area (Å²) in [5.41, 5.74) is 0.370. The molecule has 156 valence electrons. The molecule has 0 unspecified atom stereocenters. The average Bonchev–Trinajstić information content (AvgIpc) is 2.88. The minimum Gasteiger partial charge on any atom is -0.342 e. The van der Waals surface area contributed by atoms with E-state index in [0.717, 1.165) is 13.0 Å². The van der Waals surface area contributed by atoms with Crippen LogP contribution in [0.1, 0.15) is 20.3 Å². The summed E-state index contributed by atoms with van der Waals surface area (Å²) in [6, 6.07) is 5.54. The molecule has 3 N–H and O–H groups in total. The molecular weight excluding hydrogens is 382 g/mol. The molecule has 0 radical (unpaired) electrons. The van der Waals surface area contributed by atoms with Gasteiger partial charge in [0.25, 0.3) is 0 Å². The standard InChI is InChI=1S/C18H29N5O4S/c1-3-22(4-2)17(24)14-21-9-6-10-23(12-11-21)18(25)20-15-7-5-8-16(13-15)28(19,26)27/h5,7-8,13H,3-4,6,9-12,14H2,1-2H3,(H,20,25)(H2,19,26,27). The maximum absolute atomic E-state index is 12.6. The number of nitrogens with zero attached hydrogens (tertiary/aromatic N) is 3. The van der Waals surface area contributed by atoms with E-state index in [1.807, 2.05) is 13.8 Å². The summed E-state index contributed by atoms with van der Waals surface area (Å²) in [6.07, 6.45) is 0.760. The molecule has 0 bridgehead atoms. The third kappa shape index (κ3) is 6.18. The van der Waals surface area contributed by atoms with Crippen molar-refractivity contribution in [2.24, 2.45) is 5.14 Å². The molecule has 3 amide bonds. The highest BCUT2D eigenvalue weighted by atomic mass is 32.2. The van der Waals surface area contributed by atoms with Gasteiger partial charge >= 0.3 is 6.03 Å². The van der Waals surface area contributed by atoms with E-state index in [-0.39, 0.29) is 16.8 Å². The van der Waals surface area contributed by atoms with Crippen LogP contribution >= 0.6 is 0 Å². The highest BCUT2D eigenvalue weighted by molar-refractivity contribution is 7.89. The van der Waals surface area contributed by atoms with E-state index in [1.54, 1.807) is 15.9 Å². The number of anilines is 1. The van der Waals surface area contributed by atoms with E-state index in [4.69, 9.17) is 5.14 Å². The van der Waals surface area contributed by atoms with Gasteiger partial charge in [-0.3, -0.25) is 9.69 Å². The number of rotatable bonds is 6. The van der Waals surface area contributed by atoms with Gasteiger partial charge in [0.2, 0.25) is 15.9 Å². The van der Waals surface area contributed by atoms with Gasteiger partial charge in [-0.05, 0) is 38.5 Å². The molecule has 1 aliphatic heterocycles. The lowest BCUT2D eigenvalue weighted by Crippen LogP contribution is -2.42. The number of nitrogens with two attached hydrogens (primary N) is 1. The van der Waals surface area contributed by atoms with Crippen LogP contribution in [0.4, 0.5) is 10.5 Å². The van der Waals surface area contributed by atoms with E-state index in [9.17, 15) is 18.0 Å². The molecule has 0 saturated carbocycles. The molecule has 0 atom stereocenters. The van der Waals surface area contributed by atoms with Gasteiger partial charge in [-0.1, -0.05) is 6.07 Å². The summed E-state index contributed by atoms with van der Waals surface area (Å²) in [7, 11) is -3.83. The smallest absolute Gasteiger partial charge is 0.321 e. The van der Waals surface area contributed by atoms with Crippen molar-refractivity contribution in [3.63, 3.8) is 0 Å². The Balaban J connectivity index is 1.93. The van der Waals surface area contributed by atoms with Crippen molar-refractivity contribution in [2.75, 3.05) is 51.1 Å². The third-order valence-corrected chi connectivity index (χ3v) is 5.68. The van der Waals surface area contributed by atoms with Crippen molar-refractivity contribution in [1.82, 2.24) is 14.7 Å². The lowest BCUT2D eigenvalue weighted by Gasteiger charge is -2.25. The Kier molecular flexibility index (Phi) is 7.78. The zero-order chi connectivity index (χ0) is 20.7. The number of primary sulfonamides is 1. The van der Waals surface area contributed by atoms with Crippen molar-refractivity contribution in [3.05, 3.63) is 24.3 Å². The first-order chi connectivity index (χ1) is 13.2. The third-order valence-electron chi connectivity index (χ3n) is 4.76. The Morgan fingerprint density at radius 3 is 2.50 bits per heavy atom. The van der Waals surface area contributed by atoms with Crippen LogP contribution in [0.5, 0.6) is 0 Å². The number of carbonyl (C=O) groups excluding carboxylic acids is 2. The van der Waals surface area contributed by atoms with Gasteiger partial charge in [-0.25, -0.2) is 18.4 Å². The highest BCUT2D eigenvalue weighted by Crippen LogP contribution is 2.15. The second kappa shape index (κ2) is 9.85. The molecule has 0 aromatic heterocycles. The van der Waals surface area contributed by atoms with E-state index in [0.29, 0.717) is 45.0 Å². The molecule has 1 aromatic carbocycles. The Morgan fingerprint density at radius 2 is 1.86 bits per heavy atom. The molecule has 0 aliphatic carbocycles. The molecule has 0 spiro atoms. The summed E-state index contributed by atoms with van der Waals surface area (Å²) < 4.78 is 22.9. The second-order valence-electron chi connectivity index (χ2n) is 6.69. The normalized spacial score (nSPS) is 15.8. The first-order valence-electron chi connectivity index (χ1n) is 9.43. The van der Waals surface area contributed by atoms with Crippen molar-refractivity contribution < 1.29 is 18.0 Å². The number of urea groups is 1. The van der Waals surface area contributed by atoms with Crippen LogP contribution in [0, 0.1) is 0 Å². The Labute approximate surface area is 166 Å². The van der Waals surface area contributed by atoms with Crippen molar-refractivity contribution >= 4 is 27.6 Å². The molecular formula is C18H29N5O4S. The van der Waals surface area contributed by atoms with E-state index >= 15 is 0 Å². The van der Waals surface area contributed by atoms with Crippen LogP contribution in [-0.4, -0.2) is 80.9 Å². The molecule has 2 rings (SSSR count). The maximum atomic E-state index is 12.6. The number of likely N-dealkylation sites (N-methyl/N-ethyl adjacent to an activating group) is 1. The monoisotopic (exact) mass is 411 g/mol. The van der Waals surface area contributed by atoms with Gasteiger partial charge in [-0.15, -0.1) is 0 Å². The van der Waals surface area contributed by atoms with Crippen LogP contribution in [0.3, 0.4) is 0 Å². The molecule has 1 fully saturated rings. The topological polar surface area (TPSA) is 116 Å². The molecule has 1 aliphatic rings. The predicted molar refractivity (Wildman–Crippen MR) is 107 cm³/mol. The highest BCUT2D eigenvalue weighted by Gasteiger charge is 2.22. The van der Waals surface area contributed by atoms with Gasteiger partial charge in [0.05, 0.1) is 11.4 Å². The zero-order valence-electron chi connectivity index (χ0n) is 16.4. The fourth-order valence-electron chi connectivity index (χ4n) is 3.15. The summed E-state index contributed by atoms with van der Waals surface area (Å²) in [6.45, 7) is 8.07. The van der Waals surface area contributed by atoms with Gasteiger partial charge < -0.3 is 15.1 Å².